The zero-order valence-corrected chi connectivity index (χ0v) is 15.9. The smallest absolute Gasteiger partial charge is 0.259 e. The van der Waals surface area contributed by atoms with Gasteiger partial charge < -0.3 is 4.57 Å². The first-order valence-corrected chi connectivity index (χ1v) is 9.63. The van der Waals surface area contributed by atoms with Crippen LogP contribution in [0.2, 0.25) is 0 Å². The van der Waals surface area contributed by atoms with Crippen molar-refractivity contribution < 1.29 is 14.0 Å². The number of thiophene rings is 1. The molecule has 4 aromatic rings. The van der Waals surface area contributed by atoms with Crippen LogP contribution in [-0.2, 0) is 16.6 Å². The highest BCUT2D eigenvalue weighted by Crippen LogP contribution is 2.40. The van der Waals surface area contributed by atoms with Crippen molar-refractivity contribution in [3.8, 4) is 6.07 Å². The monoisotopic (exact) mass is 401 g/mol. The Bertz CT molecular complexity index is 1450. The molecule has 0 atom stereocenters. The predicted molar refractivity (Wildman–Crippen MR) is 109 cm³/mol. The van der Waals surface area contributed by atoms with Crippen LogP contribution in [0.4, 0.5) is 4.39 Å². The van der Waals surface area contributed by atoms with Gasteiger partial charge in [0.05, 0.1) is 28.3 Å². The third-order valence-corrected chi connectivity index (χ3v) is 6.07. The number of benzene rings is 2. The standard InChI is InChI=1S/C22H12FN3O2S/c1-26-9-14(13-3-2-4-16(23)20(13)26)18-19(22(28)25-21(18)27)15-10-29-17-7-11(8-24)5-6-12(15)17/h2-7,9-10H,1H3,(H,25,27,28). The second-order valence-corrected chi connectivity index (χ2v) is 7.71. The number of hydrogen-bond acceptors (Lipinski definition) is 4. The minimum absolute atomic E-state index is 0.232. The lowest BCUT2D eigenvalue weighted by atomic mass is 9.95. The van der Waals surface area contributed by atoms with Crippen molar-refractivity contribution in [2.75, 3.05) is 0 Å². The summed E-state index contributed by atoms with van der Waals surface area (Å²) in [7, 11) is 1.70. The number of nitrogens with one attached hydrogen (secondary N) is 1. The molecule has 0 spiro atoms. The highest BCUT2D eigenvalue weighted by Gasteiger charge is 2.35. The van der Waals surface area contributed by atoms with Gasteiger partial charge in [-0.1, -0.05) is 18.2 Å². The minimum atomic E-state index is -0.505. The average molecular weight is 401 g/mol. The molecule has 0 unspecified atom stereocenters. The molecule has 2 aromatic carbocycles. The third kappa shape index (κ3) is 2.43. The van der Waals surface area contributed by atoms with Gasteiger partial charge in [0.25, 0.3) is 11.8 Å². The number of aromatic nitrogens is 1. The number of nitriles is 1. The van der Waals surface area contributed by atoms with E-state index in [4.69, 9.17) is 5.26 Å². The van der Waals surface area contributed by atoms with Crippen molar-refractivity contribution in [2.45, 2.75) is 0 Å². The molecule has 7 heteroatoms. The number of carbonyl (C=O) groups is 2. The summed E-state index contributed by atoms with van der Waals surface area (Å²) < 4.78 is 16.8. The van der Waals surface area contributed by atoms with Crippen LogP contribution in [-0.4, -0.2) is 16.4 Å². The highest BCUT2D eigenvalue weighted by molar-refractivity contribution is 7.17. The second kappa shape index (κ2) is 6.12. The van der Waals surface area contributed by atoms with E-state index >= 15 is 0 Å². The zero-order valence-electron chi connectivity index (χ0n) is 15.1. The molecule has 5 rings (SSSR count). The fourth-order valence-corrected chi connectivity index (χ4v) is 4.87. The number of halogens is 1. The molecule has 1 aliphatic heterocycles. The van der Waals surface area contributed by atoms with Crippen LogP contribution in [0.15, 0.2) is 48.0 Å². The Morgan fingerprint density at radius 1 is 1.07 bits per heavy atom. The van der Waals surface area contributed by atoms with Gasteiger partial charge in [-0.2, -0.15) is 5.26 Å². The zero-order chi connectivity index (χ0) is 20.3. The van der Waals surface area contributed by atoms with Crippen LogP contribution in [0.5, 0.6) is 0 Å². The molecule has 0 saturated carbocycles. The third-order valence-electron chi connectivity index (χ3n) is 5.13. The van der Waals surface area contributed by atoms with Crippen molar-refractivity contribution >= 4 is 55.3 Å². The van der Waals surface area contributed by atoms with Gasteiger partial charge in [-0.3, -0.25) is 14.9 Å². The number of hydrogen-bond donors (Lipinski definition) is 1. The number of imide groups is 1. The van der Waals surface area contributed by atoms with E-state index < -0.39 is 17.6 Å². The van der Waals surface area contributed by atoms with Crippen molar-refractivity contribution in [1.82, 2.24) is 9.88 Å². The second-order valence-electron chi connectivity index (χ2n) is 6.80. The van der Waals surface area contributed by atoms with Gasteiger partial charge in [-0.25, -0.2) is 4.39 Å². The molecule has 0 saturated heterocycles. The van der Waals surface area contributed by atoms with E-state index in [-0.39, 0.29) is 11.1 Å². The summed E-state index contributed by atoms with van der Waals surface area (Å²) in [5.74, 6) is -1.38. The van der Waals surface area contributed by atoms with Gasteiger partial charge in [-0.15, -0.1) is 11.3 Å². The highest BCUT2D eigenvalue weighted by atomic mass is 32.1. The summed E-state index contributed by atoms with van der Waals surface area (Å²) in [4.78, 5) is 25.5. The molecule has 0 radical (unpaired) electrons. The molecule has 2 amide bonds. The van der Waals surface area contributed by atoms with Crippen molar-refractivity contribution in [2.24, 2.45) is 7.05 Å². The summed E-state index contributed by atoms with van der Waals surface area (Å²) >= 11 is 1.40. The van der Waals surface area contributed by atoms with Gasteiger partial charge in [0.1, 0.15) is 5.82 Å². The Morgan fingerprint density at radius 2 is 1.83 bits per heavy atom. The van der Waals surface area contributed by atoms with E-state index in [2.05, 4.69) is 11.4 Å². The molecule has 140 valence electrons. The van der Waals surface area contributed by atoms with E-state index in [1.54, 1.807) is 48.1 Å². The van der Waals surface area contributed by atoms with Crippen LogP contribution >= 0.6 is 11.3 Å². The molecule has 2 aromatic heterocycles. The van der Waals surface area contributed by atoms with Gasteiger partial charge >= 0.3 is 0 Å². The first-order chi connectivity index (χ1) is 14.0. The van der Waals surface area contributed by atoms with Gasteiger partial charge in [0.15, 0.2) is 0 Å². The predicted octanol–water partition coefficient (Wildman–Crippen LogP) is 3.97. The average Bonchev–Trinajstić information content (AvgIpc) is 3.35. The molecule has 29 heavy (non-hydrogen) atoms. The minimum Gasteiger partial charge on any atom is -0.348 e. The lowest BCUT2D eigenvalue weighted by Crippen LogP contribution is -2.22. The Hall–Kier alpha value is -3.76. The topological polar surface area (TPSA) is 74.9 Å². The van der Waals surface area contributed by atoms with Gasteiger partial charge in [-0.05, 0) is 18.2 Å². The largest absolute Gasteiger partial charge is 0.348 e. The van der Waals surface area contributed by atoms with E-state index in [1.807, 2.05) is 5.38 Å². The Balaban J connectivity index is 1.84. The van der Waals surface area contributed by atoms with Crippen LogP contribution in [0.1, 0.15) is 16.7 Å². The van der Waals surface area contributed by atoms with Crippen molar-refractivity contribution in [3.05, 3.63) is 70.5 Å². The van der Waals surface area contributed by atoms with Crippen LogP contribution in [0.3, 0.4) is 0 Å². The molecular formula is C22H12FN3O2S. The molecule has 3 heterocycles. The number of carbonyl (C=O) groups excluding carboxylic acids is 2. The number of aryl methyl sites for hydroxylation is 1. The molecule has 0 fully saturated rings. The first kappa shape index (κ1) is 17.3. The van der Waals surface area contributed by atoms with Gasteiger partial charge in [0.2, 0.25) is 0 Å². The Morgan fingerprint density at radius 3 is 2.59 bits per heavy atom. The van der Waals surface area contributed by atoms with E-state index in [9.17, 15) is 14.0 Å². The van der Waals surface area contributed by atoms with E-state index in [1.165, 1.54) is 17.4 Å². The summed E-state index contributed by atoms with van der Waals surface area (Å²) in [5.41, 5.74) is 2.53. The maximum Gasteiger partial charge on any atom is 0.259 e. The molecule has 1 N–H and O–H groups in total. The summed E-state index contributed by atoms with van der Waals surface area (Å²) in [6, 6.07) is 12.0. The fourth-order valence-electron chi connectivity index (χ4n) is 3.88. The number of fused-ring (bicyclic) bond motifs is 2. The molecule has 5 nitrogen and oxygen atoms in total. The quantitative estimate of drug-likeness (QED) is 0.517. The van der Waals surface area contributed by atoms with Crippen molar-refractivity contribution in [1.29, 1.82) is 5.26 Å². The lowest BCUT2D eigenvalue weighted by Gasteiger charge is -2.03. The van der Waals surface area contributed by atoms with E-state index in [0.717, 1.165) is 10.1 Å². The molecule has 1 aliphatic rings. The number of para-hydroxylation sites is 1. The van der Waals surface area contributed by atoms with Gasteiger partial charge in [0, 0.05) is 45.2 Å². The first-order valence-electron chi connectivity index (χ1n) is 8.75. The van der Waals surface area contributed by atoms with Crippen molar-refractivity contribution in [3.63, 3.8) is 0 Å². The summed E-state index contributed by atoms with van der Waals surface area (Å²) in [6.07, 6.45) is 1.67. The van der Waals surface area contributed by atoms with Crippen LogP contribution in [0.25, 0.3) is 32.1 Å². The Labute approximate surface area is 168 Å². The SMILES string of the molecule is Cn1cc(C2=C(c3csc4cc(C#N)ccc34)C(=O)NC2=O)c2cccc(F)c21. The Kier molecular flexibility index (Phi) is 3.66. The number of amides is 2. The molecule has 0 bridgehead atoms. The fraction of sp³-hybridized carbons (Fsp3) is 0.0455. The molecule has 0 aliphatic carbocycles. The number of nitrogens with zero attached hydrogens (tertiary/aromatic N) is 2. The summed E-state index contributed by atoms with van der Waals surface area (Å²) in [6.45, 7) is 0. The normalized spacial score (nSPS) is 14.1. The lowest BCUT2D eigenvalue weighted by molar-refractivity contribution is -0.122. The van der Waals surface area contributed by atoms with E-state index in [0.29, 0.717) is 27.6 Å². The maximum absolute atomic E-state index is 14.3. The summed E-state index contributed by atoms with van der Waals surface area (Å²) in [5, 5.41) is 14.7. The van der Waals surface area contributed by atoms with Crippen LogP contribution in [0, 0.1) is 17.1 Å². The maximum atomic E-state index is 14.3. The molecular weight excluding hydrogens is 389 g/mol. The van der Waals surface area contributed by atoms with Crippen LogP contribution < -0.4 is 5.32 Å². The number of rotatable bonds is 2.